The van der Waals surface area contributed by atoms with E-state index in [1.54, 1.807) is 0 Å². The van der Waals surface area contributed by atoms with Crippen LogP contribution in [0.3, 0.4) is 0 Å². The Morgan fingerprint density at radius 2 is 1.25 bits per heavy atom. The summed E-state index contributed by atoms with van der Waals surface area (Å²) in [6.07, 6.45) is 0. The van der Waals surface area contributed by atoms with Crippen LogP contribution < -0.4 is 0 Å². The topological polar surface area (TPSA) is 17.1 Å². The van der Waals surface area contributed by atoms with Gasteiger partial charge in [-0.25, -0.2) is 0 Å². The predicted molar refractivity (Wildman–Crippen MR) is 10.6 cm³/mol. The van der Waals surface area contributed by atoms with E-state index in [0.29, 0.717) is 0 Å². The van der Waals surface area contributed by atoms with Gasteiger partial charge in [0.15, 0.2) is 17.4 Å². The van der Waals surface area contributed by atoms with E-state index in [1.165, 1.54) is 0 Å². The molecule has 0 fully saturated rings. The Morgan fingerprint density at radius 1 is 1.25 bits per heavy atom. The van der Waals surface area contributed by atoms with Crippen molar-refractivity contribution >= 4 is 17.4 Å². The third-order valence-electron chi connectivity index (χ3n) is 0. The molecule has 0 aliphatic rings. The fourth-order valence-corrected chi connectivity index (χ4v) is 0. The quantitative estimate of drug-likeness (QED) is 0.395. The molecule has 0 amide bonds. The van der Waals surface area contributed by atoms with Crippen LogP contribution in [0.25, 0.3) is 0 Å². The summed E-state index contributed by atoms with van der Waals surface area (Å²) in [5, 5.41) is 0. The largest absolute Gasteiger partial charge is 0 e. The molecule has 0 spiro atoms. The molecule has 0 atom stereocenters. The monoisotopic (exact) mass is 153 g/mol. The average Bonchev–Trinajstić information content (AvgIpc) is 1.00. The summed E-state index contributed by atoms with van der Waals surface area (Å²) in [7, 11) is 0. The molecule has 0 aromatic rings. The zero-order valence-corrected chi connectivity index (χ0v) is 3.84. The van der Waals surface area contributed by atoms with Crippen molar-refractivity contribution in [1.82, 2.24) is 0 Å². The predicted octanol–water partition coefficient (Wildman–Crippen LogP) is -1.31. The molecule has 0 saturated carbocycles. The molecule has 0 aliphatic heterocycles. The van der Waals surface area contributed by atoms with Gasteiger partial charge in [0.1, 0.15) is 0 Å². The Morgan fingerprint density at radius 3 is 1.25 bits per heavy atom. The third kappa shape index (κ3) is 9.60. The van der Waals surface area contributed by atoms with Crippen molar-refractivity contribution < 1.29 is 41.3 Å². The van der Waals surface area contributed by atoms with Crippen LogP contribution in [0, 0.1) is 0 Å². The van der Waals surface area contributed by atoms with E-state index in [9.17, 15) is 0 Å². The van der Waals surface area contributed by atoms with Crippen LogP contribution in [0.5, 0.6) is 0 Å². The molecular formula is H3AlCoOTi. The van der Waals surface area contributed by atoms with Gasteiger partial charge in [-0.05, 0) is 0 Å². The van der Waals surface area contributed by atoms with Gasteiger partial charge in [-0.1, -0.05) is 0 Å². The summed E-state index contributed by atoms with van der Waals surface area (Å²) in [4.78, 5) is 0. The maximum Gasteiger partial charge on any atom is 0 e. The number of rotatable bonds is 0. The molecule has 1 nitrogen and oxygen atoms in total. The first-order chi connectivity index (χ1) is 1.00. The zero-order valence-electron chi connectivity index (χ0n) is 1.24. The summed E-state index contributed by atoms with van der Waals surface area (Å²) < 4.78 is 7.94. The van der Waals surface area contributed by atoms with E-state index in [4.69, 9.17) is 3.87 Å². The van der Waals surface area contributed by atoms with E-state index in [1.807, 2.05) is 0 Å². The molecule has 4 heteroatoms. The minimum absolute atomic E-state index is 0. The first kappa shape index (κ1) is 17.7. The van der Waals surface area contributed by atoms with Gasteiger partial charge in [0, 0.05) is 21.7 Å². The first-order valence-electron chi connectivity index (χ1n) is 0.136. The average molecular weight is 153 g/mol. The first-order valence-corrected chi connectivity index (χ1v) is 0.561. The molecule has 0 bridgehead atoms. The second-order valence-corrected chi connectivity index (χ2v) is 0. The molecule has 25 valence electrons. The second-order valence-electron chi connectivity index (χ2n) is 0. The van der Waals surface area contributed by atoms with Crippen molar-refractivity contribution in [2.24, 2.45) is 0 Å². The molecule has 0 N–H and O–H groups in total. The van der Waals surface area contributed by atoms with Crippen LogP contribution in [0.1, 0.15) is 0 Å². The van der Waals surface area contributed by atoms with Crippen molar-refractivity contribution in [1.29, 1.82) is 0 Å². The van der Waals surface area contributed by atoms with Gasteiger partial charge in [-0.15, -0.1) is 0 Å². The molecule has 0 unspecified atom stereocenters. The van der Waals surface area contributed by atoms with Crippen molar-refractivity contribution in [3.05, 3.63) is 0 Å². The van der Waals surface area contributed by atoms with Gasteiger partial charge >= 0.3 is 19.5 Å². The zero-order chi connectivity index (χ0) is 2.00. The molecule has 0 aliphatic carbocycles. The minimum Gasteiger partial charge on any atom is 0 e. The standard InChI is InChI=1S/Al.Co.O.Ti.3H. The van der Waals surface area contributed by atoms with Crippen LogP contribution in [0.15, 0.2) is 0 Å². The van der Waals surface area contributed by atoms with Crippen molar-refractivity contribution in [2.45, 2.75) is 0 Å². The summed E-state index contributed by atoms with van der Waals surface area (Å²) in [6.45, 7) is 0. The van der Waals surface area contributed by atoms with Crippen molar-refractivity contribution in [2.75, 3.05) is 0 Å². The maximum atomic E-state index is 7.94. The van der Waals surface area contributed by atoms with Crippen LogP contribution in [-0.4, -0.2) is 17.4 Å². The Labute approximate surface area is 58.3 Å². The van der Waals surface area contributed by atoms with Crippen LogP contribution in [0.2, 0.25) is 0 Å². The van der Waals surface area contributed by atoms with Crippen molar-refractivity contribution in [3.8, 4) is 0 Å². The van der Waals surface area contributed by atoms with Gasteiger partial charge in [-0.3, -0.25) is 0 Å². The second kappa shape index (κ2) is 23.8. The molecule has 0 aromatic carbocycles. The Hall–Kier alpha value is 1.55. The van der Waals surface area contributed by atoms with E-state index in [-0.39, 0.29) is 39.1 Å². The Balaban J connectivity index is -0.00000000500. The Kier molecular flexibility index (Phi) is 105. The minimum atomic E-state index is 0. The maximum absolute atomic E-state index is 7.94. The van der Waals surface area contributed by atoms with Crippen LogP contribution in [0.4, 0.5) is 0 Å². The van der Waals surface area contributed by atoms with Gasteiger partial charge in [0.05, 0.1) is 0 Å². The van der Waals surface area contributed by atoms with E-state index >= 15 is 0 Å². The third-order valence-corrected chi connectivity index (χ3v) is 0. The molecule has 0 aromatic heterocycles. The van der Waals surface area contributed by atoms with Gasteiger partial charge < -0.3 is 0 Å². The number of hydrogen-bond donors (Lipinski definition) is 0. The molecule has 0 saturated heterocycles. The van der Waals surface area contributed by atoms with Crippen LogP contribution >= 0.6 is 0 Å². The van der Waals surface area contributed by atoms with Gasteiger partial charge in [0.25, 0.3) is 0 Å². The molecule has 0 rings (SSSR count). The Bertz CT molecular complexity index is 8.00. The fourth-order valence-electron chi connectivity index (χ4n) is 0. The van der Waals surface area contributed by atoms with Gasteiger partial charge in [0.2, 0.25) is 0 Å². The molecular weight excluding hydrogens is 150 g/mol. The van der Waals surface area contributed by atoms with Crippen molar-refractivity contribution in [3.63, 3.8) is 0 Å². The molecule has 0 heterocycles. The fraction of sp³-hybridized carbons (Fsp3) is 0. The van der Waals surface area contributed by atoms with E-state index < -0.39 is 0 Å². The SMILES string of the molecule is [AlH3].[O]=[Co].[Ti]. The van der Waals surface area contributed by atoms with Gasteiger partial charge in [-0.2, -0.15) is 0 Å². The van der Waals surface area contributed by atoms with Crippen LogP contribution in [-0.2, 0) is 41.3 Å². The van der Waals surface area contributed by atoms with E-state index in [0.717, 1.165) is 0 Å². The van der Waals surface area contributed by atoms with E-state index in [2.05, 4.69) is 15.7 Å². The summed E-state index contributed by atoms with van der Waals surface area (Å²) in [5.74, 6) is 0. The smallest absolute Gasteiger partial charge is 0 e. The molecule has 0 radical (unpaired) electrons. The summed E-state index contributed by atoms with van der Waals surface area (Å²) >= 11 is 2.31. The normalized spacial score (nSPS) is 1.25. The summed E-state index contributed by atoms with van der Waals surface area (Å²) in [6, 6.07) is 0. The number of hydrogen-bond acceptors (Lipinski definition) is 1. The summed E-state index contributed by atoms with van der Waals surface area (Å²) in [5.41, 5.74) is 0. The molecule has 4 heavy (non-hydrogen) atoms.